The molecule has 1 rings (SSSR count). The Morgan fingerprint density at radius 2 is 0.824 bits per heavy atom. The summed E-state index contributed by atoms with van der Waals surface area (Å²) in [5, 5.41) is 76.3. The quantitative estimate of drug-likeness (QED) is 0.0215. The molecule has 1 aliphatic heterocycles. The molecule has 0 bridgehead atoms. The summed E-state index contributed by atoms with van der Waals surface area (Å²) in [5.41, 5.74) is 0. The molecule has 74 heavy (non-hydrogen) atoms. The number of hydrogen-bond acceptors (Lipinski definition) is 10. The van der Waals surface area contributed by atoms with E-state index in [1.54, 1.807) is 0 Å². The molecule has 1 fully saturated rings. The zero-order valence-electron chi connectivity index (χ0n) is 48.1. The molecule has 8 N–H and O–H groups in total. The lowest BCUT2D eigenvalue weighted by Crippen LogP contribution is -2.60. The highest BCUT2D eigenvalue weighted by atomic mass is 16.7. The predicted molar refractivity (Wildman–Crippen MR) is 307 cm³/mol. The first-order valence-electron chi connectivity index (χ1n) is 31.7. The first kappa shape index (κ1) is 70.6. The molecule has 0 aromatic heterocycles. The molecule has 1 amide bonds. The van der Waals surface area contributed by atoms with Crippen LogP contribution in [0.4, 0.5) is 0 Å². The first-order chi connectivity index (χ1) is 36.2. The number of aliphatic hydroxyl groups excluding tert-OH is 7. The van der Waals surface area contributed by atoms with Gasteiger partial charge < -0.3 is 50.5 Å². The molecule has 11 heteroatoms. The minimum Gasteiger partial charge on any atom is -0.394 e. The van der Waals surface area contributed by atoms with Gasteiger partial charge in [-0.1, -0.05) is 282 Å². The number of amides is 1. The molecule has 11 nitrogen and oxygen atoms in total. The van der Waals surface area contributed by atoms with Crippen LogP contribution in [-0.4, -0.2) is 110 Å². The van der Waals surface area contributed by atoms with Crippen LogP contribution < -0.4 is 5.32 Å². The zero-order valence-corrected chi connectivity index (χ0v) is 48.1. The molecule has 0 saturated carbocycles. The van der Waals surface area contributed by atoms with Crippen molar-refractivity contribution >= 4 is 5.91 Å². The second kappa shape index (κ2) is 52.3. The lowest BCUT2D eigenvalue weighted by molar-refractivity contribution is -0.303. The van der Waals surface area contributed by atoms with Crippen LogP contribution in [0.1, 0.15) is 303 Å². The molecule has 1 aliphatic rings. The fraction of sp³-hybridized carbons (Fsp3) is 0.921. The van der Waals surface area contributed by atoms with Crippen molar-refractivity contribution in [2.24, 2.45) is 0 Å². The lowest BCUT2D eigenvalue weighted by Gasteiger charge is -2.40. The second-order valence-corrected chi connectivity index (χ2v) is 22.5. The topological polar surface area (TPSA) is 189 Å². The van der Waals surface area contributed by atoms with E-state index in [0.29, 0.717) is 19.3 Å². The summed E-state index contributed by atoms with van der Waals surface area (Å²) in [6.07, 6.45) is 52.3. The molecule has 438 valence electrons. The monoisotopic (exact) mass is 1050 g/mol. The van der Waals surface area contributed by atoms with Gasteiger partial charge in [0, 0.05) is 0 Å². The molecule has 0 aliphatic carbocycles. The van der Waals surface area contributed by atoms with Crippen LogP contribution in [0.5, 0.6) is 0 Å². The van der Waals surface area contributed by atoms with Crippen LogP contribution in [0.25, 0.3) is 0 Å². The number of unbranched alkanes of at least 4 members (excludes halogenated alkanes) is 39. The van der Waals surface area contributed by atoms with Crippen LogP contribution in [0.3, 0.4) is 0 Å². The third-order valence-corrected chi connectivity index (χ3v) is 15.5. The first-order valence-corrected chi connectivity index (χ1v) is 31.7. The summed E-state index contributed by atoms with van der Waals surface area (Å²) in [6, 6.07) is -1.17. The minimum atomic E-state index is -1.66. The number of ether oxygens (including phenoxy) is 2. The maximum atomic E-state index is 13.2. The Kier molecular flexibility index (Phi) is 49.9. The fourth-order valence-electron chi connectivity index (χ4n) is 10.4. The summed E-state index contributed by atoms with van der Waals surface area (Å²) < 4.78 is 11.2. The van der Waals surface area contributed by atoms with Gasteiger partial charge in [0.1, 0.15) is 36.6 Å². The second-order valence-electron chi connectivity index (χ2n) is 22.5. The maximum absolute atomic E-state index is 13.2. The van der Waals surface area contributed by atoms with Crippen molar-refractivity contribution in [3.8, 4) is 0 Å². The maximum Gasteiger partial charge on any atom is 0.249 e. The highest BCUT2D eigenvalue weighted by molar-refractivity contribution is 5.80. The molecular formula is C63H121NO10. The molecule has 9 unspecified atom stereocenters. The van der Waals surface area contributed by atoms with Crippen LogP contribution in [0.2, 0.25) is 0 Å². The Bertz CT molecular complexity index is 1250. The van der Waals surface area contributed by atoms with Crippen molar-refractivity contribution in [2.75, 3.05) is 13.2 Å². The van der Waals surface area contributed by atoms with Crippen molar-refractivity contribution in [3.63, 3.8) is 0 Å². The molecule has 1 heterocycles. The Labute approximate surface area is 454 Å². The van der Waals surface area contributed by atoms with E-state index in [2.05, 4.69) is 43.5 Å². The van der Waals surface area contributed by atoms with E-state index in [0.717, 1.165) is 51.4 Å². The largest absolute Gasteiger partial charge is 0.394 e. The third kappa shape index (κ3) is 39.9. The van der Waals surface area contributed by atoms with Gasteiger partial charge in [0.25, 0.3) is 0 Å². The van der Waals surface area contributed by atoms with Gasteiger partial charge in [-0.2, -0.15) is 0 Å². The summed E-state index contributed by atoms with van der Waals surface area (Å²) in [7, 11) is 0. The smallest absolute Gasteiger partial charge is 0.249 e. The standard InChI is InChI=1S/C63H121NO10/c1-3-5-7-9-11-13-15-17-19-21-23-25-26-27-28-29-31-33-35-37-39-41-43-45-47-49-51-56(67)62(72)64-54(53-73-63-61(71)60(70)59(69)57(52-65)74-63)58(68)55(66)50-48-46-44-42-40-38-36-34-32-30-24-22-20-18-16-14-12-10-8-6-4-2/h23,25,27-28,54-61,63,65-71H,3-22,24,26,29-53H2,1-2H3,(H,64,72)/b25-23-,28-27-. The van der Waals surface area contributed by atoms with Gasteiger partial charge in [0.05, 0.1) is 25.4 Å². The molecule has 0 aromatic rings. The predicted octanol–water partition coefficient (Wildman–Crippen LogP) is 14.1. The SMILES string of the molecule is CCCCCCCCCCC/C=C\C/C=C\CCCCCCCCCCCCC(O)C(=O)NC(COC1OC(CO)C(O)C(O)C1O)C(O)C(O)CCCCCCCCCCCCCCCCCCCCCCC. The number of hydrogen-bond donors (Lipinski definition) is 8. The van der Waals surface area contributed by atoms with Crippen LogP contribution in [0, 0.1) is 0 Å². The van der Waals surface area contributed by atoms with Crippen molar-refractivity contribution in [1.82, 2.24) is 5.32 Å². The summed E-state index contributed by atoms with van der Waals surface area (Å²) in [6.45, 7) is 3.50. The van der Waals surface area contributed by atoms with E-state index in [1.807, 2.05) is 0 Å². The Morgan fingerprint density at radius 1 is 0.473 bits per heavy atom. The molecule has 0 aromatic carbocycles. The summed E-state index contributed by atoms with van der Waals surface area (Å²) in [4.78, 5) is 13.2. The average Bonchev–Trinajstić information content (AvgIpc) is 3.40. The number of carbonyl (C=O) groups is 1. The third-order valence-electron chi connectivity index (χ3n) is 15.5. The number of carbonyl (C=O) groups excluding carboxylic acids is 1. The van der Waals surface area contributed by atoms with Gasteiger partial charge in [-0.05, 0) is 44.9 Å². The van der Waals surface area contributed by atoms with Crippen LogP contribution >= 0.6 is 0 Å². The summed E-state index contributed by atoms with van der Waals surface area (Å²) >= 11 is 0. The molecule has 1 saturated heterocycles. The van der Waals surface area contributed by atoms with E-state index < -0.39 is 74.2 Å². The molecular weight excluding hydrogens is 931 g/mol. The number of allylic oxidation sites excluding steroid dienone is 4. The van der Waals surface area contributed by atoms with Gasteiger partial charge >= 0.3 is 0 Å². The molecule has 0 radical (unpaired) electrons. The molecule has 9 atom stereocenters. The zero-order chi connectivity index (χ0) is 54.0. The highest BCUT2D eigenvalue weighted by Gasteiger charge is 2.44. The normalized spacial score (nSPS) is 19.9. The van der Waals surface area contributed by atoms with E-state index in [9.17, 15) is 40.5 Å². The Morgan fingerprint density at radius 3 is 1.20 bits per heavy atom. The number of nitrogens with one attached hydrogen (secondary N) is 1. The average molecular weight is 1050 g/mol. The van der Waals surface area contributed by atoms with Crippen molar-refractivity contribution in [3.05, 3.63) is 24.3 Å². The highest BCUT2D eigenvalue weighted by Crippen LogP contribution is 2.24. The van der Waals surface area contributed by atoms with Crippen molar-refractivity contribution in [1.29, 1.82) is 0 Å². The minimum absolute atomic E-state index is 0.258. The van der Waals surface area contributed by atoms with Crippen molar-refractivity contribution in [2.45, 2.75) is 358 Å². The summed E-state index contributed by atoms with van der Waals surface area (Å²) in [5.74, 6) is -0.695. The number of rotatable bonds is 55. The lowest BCUT2D eigenvalue weighted by atomic mass is 9.98. The van der Waals surface area contributed by atoms with Crippen molar-refractivity contribution < 1.29 is 50.0 Å². The molecule has 0 spiro atoms. The van der Waals surface area contributed by atoms with E-state index in [1.165, 1.54) is 212 Å². The van der Waals surface area contributed by atoms with E-state index in [4.69, 9.17) is 9.47 Å². The van der Waals surface area contributed by atoms with Gasteiger partial charge in [-0.3, -0.25) is 4.79 Å². The van der Waals surface area contributed by atoms with E-state index >= 15 is 0 Å². The van der Waals surface area contributed by atoms with Gasteiger partial charge in [-0.15, -0.1) is 0 Å². The van der Waals surface area contributed by atoms with Crippen LogP contribution in [-0.2, 0) is 14.3 Å². The fourth-order valence-corrected chi connectivity index (χ4v) is 10.4. The van der Waals surface area contributed by atoms with Gasteiger partial charge in [-0.25, -0.2) is 0 Å². The van der Waals surface area contributed by atoms with Gasteiger partial charge in [0.2, 0.25) is 5.91 Å². The Hall–Kier alpha value is -1.41. The van der Waals surface area contributed by atoms with E-state index in [-0.39, 0.29) is 6.42 Å². The Balaban J connectivity index is 2.26. The number of aliphatic hydroxyl groups is 7. The van der Waals surface area contributed by atoms with Gasteiger partial charge in [0.15, 0.2) is 6.29 Å². The van der Waals surface area contributed by atoms with Crippen LogP contribution in [0.15, 0.2) is 24.3 Å².